The molecule has 1 aromatic rings. The predicted octanol–water partition coefficient (Wildman–Crippen LogP) is 3.08. The molecule has 0 bridgehead atoms. The first-order valence-electron chi connectivity index (χ1n) is 4.97. The molecule has 94 valence electrons. The molecule has 7 heteroatoms. The van der Waals surface area contributed by atoms with E-state index in [0.29, 0.717) is 18.7 Å². The van der Waals surface area contributed by atoms with Crippen molar-refractivity contribution >= 4 is 34.6 Å². The van der Waals surface area contributed by atoms with Crippen molar-refractivity contribution in [3.05, 3.63) is 32.3 Å². The van der Waals surface area contributed by atoms with Gasteiger partial charge in [-0.15, -0.1) is 0 Å². The molecule has 0 aliphatic heterocycles. The summed E-state index contributed by atoms with van der Waals surface area (Å²) in [7, 11) is 0. The molecule has 0 aliphatic carbocycles. The summed E-state index contributed by atoms with van der Waals surface area (Å²) in [6, 6.07) is 2.47. The number of nitrogens with zero attached hydrogens (tertiary/aromatic N) is 1. The first-order chi connectivity index (χ1) is 7.91. The predicted molar refractivity (Wildman–Crippen MR) is 67.9 cm³/mol. The summed E-state index contributed by atoms with van der Waals surface area (Å²) in [6.07, 6.45) is 0.0991. The maximum absolute atomic E-state index is 10.6. The highest BCUT2D eigenvalue weighted by Gasteiger charge is 2.14. The van der Waals surface area contributed by atoms with Gasteiger partial charge in [0, 0.05) is 18.7 Å². The van der Waals surface area contributed by atoms with Crippen LogP contribution in [0.25, 0.3) is 0 Å². The van der Waals surface area contributed by atoms with Crippen molar-refractivity contribution in [1.82, 2.24) is 0 Å². The van der Waals surface area contributed by atoms with Crippen LogP contribution in [0, 0.1) is 10.1 Å². The normalized spacial score (nSPS) is 12.2. The van der Waals surface area contributed by atoms with Crippen molar-refractivity contribution in [2.45, 2.75) is 19.4 Å². The van der Waals surface area contributed by atoms with Crippen LogP contribution in [-0.2, 0) is 0 Å². The zero-order valence-electron chi connectivity index (χ0n) is 9.11. The highest BCUT2D eigenvalue weighted by molar-refractivity contribution is 6.39. The van der Waals surface area contributed by atoms with E-state index in [0.717, 1.165) is 0 Å². The molecule has 0 aliphatic rings. The minimum Gasteiger partial charge on any atom is -0.393 e. The Morgan fingerprint density at radius 2 is 2.00 bits per heavy atom. The second-order valence-corrected chi connectivity index (χ2v) is 4.42. The average molecular weight is 279 g/mol. The van der Waals surface area contributed by atoms with Crippen molar-refractivity contribution < 1.29 is 10.0 Å². The number of anilines is 1. The van der Waals surface area contributed by atoms with Crippen molar-refractivity contribution in [2.24, 2.45) is 0 Å². The molecule has 5 nitrogen and oxygen atoms in total. The zero-order valence-corrected chi connectivity index (χ0v) is 10.6. The third kappa shape index (κ3) is 4.03. The Morgan fingerprint density at radius 3 is 2.41 bits per heavy atom. The number of hydrogen-bond acceptors (Lipinski definition) is 4. The fraction of sp³-hybridized carbons (Fsp3) is 0.400. The van der Waals surface area contributed by atoms with E-state index in [9.17, 15) is 10.1 Å². The molecule has 1 aromatic carbocycles. The van der Waals surface area contributed by atoms with Crippen molar-refractivity contribution in [3.63, 3.8) is 0 Å². The van der Waals surface area contributed by atoms with Crippen LogP contribution < -0.4 is 5.32 Å². The maximum atomic E-state index is 10.6. The summed E-state index contributed by atoms with van der Waals surface area (Å²) in [5, 5.41) is 23.0. The van der Waals surface area contributed by atoms with Gasteiger partial charge in [0.05, 0.1) is 26.8 Å². The molecule has 2 N–H and O–H groups in total. The number of nitro benzene ring substituents is 1. The fourth-order valence-electron chi connectivity index (χ4n) is 1.24. The molecule has 0 amide bonds. The van der Waals surface area contributed by atoms with Gasteiger partial charge < -0.3 is 10.4 Å². The monoisotopic (exact) mass is 278 g/mol. The van der Waals surface area contributed by atoms with Crippen LogP contribution in [-0.4, -0.2) is 22.7 Å². The Hall–Kier alpha value is -1.04. The number of nitrogens with one attached hydrogen (secondary N) is 1. The van der Waals surface area contributed by atoms with Gasteiger partial charge in [0.25, 0.3) is 5.69 Å². The van der Waals surface area contributed by atoms with Crippen LogP contribution in [0.15, 0.2) is 12.1 Å². The Kier molecular flexibility index (Phi) is 4.99. The Balaban J connectivity index is 2.83. The van der Waals surface area contributed by atoms with Crippen LogP contribution >= 0.6 is 23.2 Å². The number of nitro groups is 1. The summed E-state index contributed by atoms with van der Waals surface area (Å²) in [6.45, 7) is 2.15. The smallest absolute Gasteiger partial charge is 0.272 e. The number of hydrogen-bond donors (Lipinski definition) is 2. The van der Waals surface area contributed by atoms with Gasteiger partial charge >= 0.3 is 0 Å². The zero-order chi connectivity index (χ0) is 13.0. The van der Waals surface area contributed by atoms with E-state index >= 15 is 0 Å². The Bertz CT molecular complexity index is 401. The van der Waals surface area contributed by atoms with Crippen molar-refractivity contribution in [1.29, 1.82) is 0 Å². The molecule has 0 saturated heterocycles. The minimum absolute atomic E-state index is 0.152. The summed E-state index contributed by atoms with van der Waals surface area (Å²) >= 11 is 11.8. The highest BCUT2D eigenvalue weighted by atomic mass is 35.5. The lowest BCUT2D eigenvalue weighted by molar-refractivity contribution is -0.384. The SMILES string of the molecule is CC(O)CCNc1c(Cl)cc([N+](=O)[O-])cc1Cl. The van der Waals surface area contributed by atoms with Gasteiger partial charge in [0.1, 0.15) is 0 Å². The van der Waals surface area contributed by atoms with E-state index in [2.05, 4.69) is 5.32 Å². The van der Waals surface area contributed by atoms with Crippen LogP contribution in [0.4, 0.5) is 11.4 Å². The second-order valence-electron chi connectivity index (χ2n) is 3.61. The van der Waals surface area contributed by atoms with Crippen LogP contribution in [0.5, 0.6) is 0 Å². The molecule has 1 rings (SSSR count). The Labute approximate surface area is 108 Å². The first-order valence-corrected chi connectivity index (χ1v) is 5.72. The molecule has 0 fully saturated rings. The number of aliphatic hydroxyl groups excluding tert-OH is 1. The van der Waals surface area contributed by atoms with Gasteiger partial charge in [-0.2, -0.15) is 0 Å². The van der Waals surface area contributed by atoms with Crippen LogP contribution in [0.1, 0.15) is 13.3 Å². The van der Waals surface area contributed by atoms with E-state index in [1.807, 2.05) is 0 Å². The lowest BCUT2D eigenvalue weighted by atomic mass is 10.2. The van der Waals surface area contributed by atoms with E-state index in [-0.39, 0.29) is 15.7 Å². The summed E-state index contributed by atoms with van der Waals surface area (Å²) in [4.78, 5) is 10.00. The first kappa shape index (κ1) is 14.0. The van der Waals surface area contributed by atoms with E-state index < -0.39 is 11.0 Å². The van der Waals surface area contributed by atoms with Crippen LogP contribution in [0.3, 0.4) is 0 Å². The summed E-state index contributed by atoms with van der Waals surface area (Å²) in [5.41, 5.74) is 0.292. The van der Waals surface area contributed by atoms with Crippen molar-refractivity contribution in [3.8, 4) is 0 Å². The molecule has 0 heterocycles. The molecule has 0 radical (unpaired) electrons. The maximum Gasteiger partial charge on any atom is 0.272 e. The topological polar surface area (TPSA) is 75.4 Å². The third-order valence-electron chi connectivity index (χ3n) is 2.10. The largest absolute Gasteiger partial charge is 0.393 e. The standard InChI is InChI=1S/C10H12Cl2N2O3/c1-6(15)2-3-13-10-8(11)4-7(14(16)17)5-9(10)12/h4-6,13,15H,2-3H2,1H3. The van der Waals surface area contributed by atoms with Crippen molar-refractivity contribution in [2.75, 3.05) is 11.9 Å². The molecule has 1 atom stereocenters. The summed E-state index contributed by atoms with van der Waals surface area (Å²) < 4.78 is 0. The number of halogens is 2. The average Bonchev–Trinajstić information content (AvgIpc) is 2.21. The Morgan fingerprint density at radius 1 is 1.47 bits per heavy atom. The molecular weight excluding hydrogens is 267 g/mol. The van der Waals surface area contributed by atoms with E-state index in [4.69, 9.17) is 28.3 Å². The number of rotatable bonds is 5. The molecule has 0 saturated carbocycles. The van der Waals surface area contributed by atoms with Gasteiger partial charge in [-0.3, -0.25) is 10.1 Å². The lowest BCUT2D eigenvalue weighted by Gasteiger charge is -2.11. The number of aliphatic hydroxyl groups is 1. The third-order valence-corrected chi connectivity index (χ3v) is 2.70. The van der Waals surface area contributed by atoms with E-state index in [1.54, 1.807) is 6.92 Å². The highest BCUT2D eigenvalue weighted by Crippen LogP contribution is 2.34. The minimum atomic E-state index is -0.558. The molecule has 17 heavy (non-hydrogen) atoms. The number of non-ortho nitro benzene ring substituents is 1. The number of benzene rings is 1. The van der Waals surface area contributed by atoms with Gasteiger partial charge in [0.15, 0.2) is 0 Å². The molecule has 1 unspecified atom stereocenters. The molecular formula is C10H12Cl2N2O3. The van der Waals surface area contributed by atoms with Gasteiger partial charge in [-0.1, -0.05) is 23.2 Å². The van der Waals surface area contributed by atoms with E-state index in [1.165, 1.54) is 12.1 Å². The van der Waals surface area contributed by atoms with Gasteiger partial charge in [-0.25, -0.2) is 0 Å². The van der Waals surface area contributed by atoms with Gasteiger partial charge in [0.2, 0.25) is 0 Å². The lowest BCUT2D eigenvalue weighted by Crippen LogP contribution is -2.10. The quantitative estimate of drug-likeness (QED) is 0.641. The van der Waals surface area contributed by atoms with Crippen LogP contribution in [0.2, 0.25) is 10.0 Å². The molecule has 0 spiro atoms. The van der Waals surface area contributed by atoms with Gasteiger partial charge in [-0.05, 0) is 13.3 Å². The second kappa shape index (κ2) is 6.05. The summed E-state index contributed by atoms with van der Waals surface area (Å²) in [5.74, 6) is 0. The fourth-order valence-corrected chi connectivity index (χ4v) is 1.85. The molecule has 0 aromatic heterocycles.